The third kappa shape index (κ3) is 5.93. The van der Waals surface area contributed by atoms with E-state index in [1.165, 1.54) is 0 Å². The molecule has 0 aromatic heterocycles. The molecule has 5 nitrogen and oxygen atoms in total. The van der Waals surface area contributed by atoms with Crippen molar-refractivity contribution in [2.75, 3.05) is 19.7 Å². The van der Waals surface area contributed by atoms with Gasteiger partial charge in [-0.25, -0.2) is 8.78 Å². The molecule has 1 aromatic rings. The molecule has 0 aliphatic rings. The topological polar surface area (TPSA) is 85.5 Å². The van der Waals surface area contributed by atoms with E-state index in [-0.39, 0.29) is 19.7 Å². The van der Waals surface area contributed by atoms with Crippen molar-refractivity contribution in [3.63, 3.8) is 0 Å². The Kier molecular flexibility index (Phi) is 6.87. The highest BCUT2D eigenvalue weighted by atomic mass is 19.3. The van der Waals surface area contributed by atoms with Crippen LogP contribution < -0.4 is 10.1 Å². The summed E-state index contributed by atoms with van der Waals surface area (Å²) in [5.41, 5.74) is 0.501. The highest BCUT2D eigenvalue weighted by Crippen LogP contribution is 2.11. The zero-order valence-corrected chi connectivity index (χ0v) is 10.7. The molecule has 2 unspecified atom stereocenters. The molecule has 0 aliphatic heterocycles. The second-order valence-electron chi connectivity index (χ2n) is 4.16. The van der Waals surface area contributed by atoms with E-state index in [9.17, 15) is 13.9 Å². The van der Waals surface area contributed by atoms with Crippen molar-refractivity contribution in [3.05, 3.63) is 29.8 Å². The second-order valence-corrected chi connectivity index (χ2v) is 4.16. The first-order valence-electron chi connectivity index (χ1n) is 6.01. The summed E-state index contributed by atoms with van der Waals surface area (Å²) in [7, 11) is 0. The van der Waals surface area contributed by atoms with E-state index >= 15 is 0 Å². The van der Waals surface area contributed by atoms with Gasteiger partial charge in [-0.15, -0.1) is 0 Å². The number of benzene rings is 1. The van der Waals surface area contributed by atoms with Gasteiger partial charge in [0.05, 0.1) is 11.6 Å². The first kappa shape index (κ1) is 16.3. The normalized spacial score (nSPS) is 13.8. The number of alkyl halides is 2. The number of hydrogen-bond acceptors (Lipinski definition) is 5. The lowest BCUT2D eigenvalue weighted by molar-refractivity contribution is -0.00529. The van der Waals surface area contributed by atoms with Gasteiger partial charge in [0.1, 0.15) is 24.6 Å². The van der Waals surface area contributed by atoms with E-state index < -0.39 is 18.6 Å². The monoisotopic (exact) mass is 286 g/mol. The Morgan fingerprint density at radius 3 is 2.40 bits per heavy atom. The molecule has 1 rings (SSSR count). The minimum Gasteiger partial charge on any atom is -0.491 e. The van der Waals surface area contributed by atoms with Gasteiger partial charge in [0.25, 0.3) is 6.43 Å². The molecular weight excluding hydrogens is 270 g/mol. The van der Waals surface area contributed by atoms with Gasteiger partial charge in [-0.3, -0.25) is 0 Å². The van der Waals surface area contributed by atoms with Crippen LogP contribution in [0.4, 0.5) is 8.78 Å². The highest BCUT2D eigenvalue weighted by Gasteiger charge is 2.16. The summed E-state index contributed by atoms with van der Waals surface area (Å²) in [4.78, 5) is 0. The van der Waals surface area contributed by atoms with Crippen LogP contribution >= 0.6 is 0 Å². The zero-order chi connectivity index (χ0) is 15.0. The van der Waals surface area contributed by atoms with Gasteiger partial charge in [-0.1, -0.05) is 0 Å². The molecule has 0 amide bonds. The van der Waals surface area contributed by atoms with Crippen molar-refractivity contribution < 1.29 is 23.7 Å². The summed E-state index contributed by atoms with van der Waals surface area (Å²) in [6.07, 6.45) is -5.45. The predicted molar refractivity (Wildman–Crippen MR) is 67.5 cm³/mol. The smallest absolute Gasteiger partial charge is 0.265 e. The Morgan fingerprint density at radius 1 is 1.20 bits per heavy atom. The van der Waals surface area contributed by atoms with Crippen molar-refractivity contribution in [1.82, 2.24) is 5.32 Å². The molecule has 0 fully saturated rings. The molecule has 0 spiro atoms. The number of nitrogens with zero attached hydrogens (tertiary/aromatic N) is 1. The van der Waals surface area contributed by atoms with Gasteiger partial charge in [-0.05, 0) is 24.3 Å². The molecule has 0 radical (unpaired) electrons. The van der Waals surface area contributed by atoms with Crippen molar-refractivity contribution in [2.45, 2.75) is 18.6 Å². The molecule has 7 heteroatoms. The Bertz CT molecular complexity index is 434. The van der Waals surface area contributed by atoms with Gasteiger partial charge in [0, 0.05) is 13.1 Å². The lowest BCUT2D eigenvalue weighted by Crippen LogP contribution is -2.38. The number of aliphatic hydroxyl groups excluding tert-OH is 2. The molecular formula is C13H16F2N2O3. The van der Waals surface area contributed by atoms with Crippen LogP contribution in [0.1, 0.15) is 5.56 Å². The van der Waals surface area contributed by atoms with E-state index in [4.69, 9.17) is 15.1 Å². The van der Waals surface area contributed by atoms with Crippen LogP contribution in [0.15, 0.2) is 24.3 Å². The maximum absolute atomic E-state index is 12.0. The van der Waals surface area contributed by atoms with E-state index in [1.807, 2.05) is 6.07 Å². The lowest BCUT2D eigenvalue weighted by Gasteiger charge is -2.15. The Morgan fingerprint density at radius 2 is 1.85 bits per heavy atom. The van der Waals surface area contributed by atoms with Crippen LogP contribution in [-0.4, -0.2) is 48.5 Å². The van der Waals surface area contributed by atoms with Crippen LogP contribution in [0.2, 0.25) is 0 Å². The fourth-order valence-corrected chi connectivity index (χ4v) is 1.36. The summed E-state index contributed by atoms with van der Waals surface area (Å²) in [5, 5.41) is 29.5. The molecule has 110 valence electrons. The molecule has 0 aliphatic carbocycles. The van der Waals surface area contributed by atoms with Gasteiger partial charge in [0.15, 0.2) is 0 Å². The number of hydrogen-bond donors (Lipinski definition) is 3. The molecule has 1 aromatic carbocycles. The second kappa shape index (κ2) is 8.43. The maximum atomic E-state index is 12.0. The van der Waals surface area contributed by atoms with Crippen LogP contribution in [-0.2, 0) is 0 Å². The predicted octanol–water partition coefficient (Wildman–Crippen LogP) is 0.514. The zero-order valence-electron chi connectivity index (χ0n) is 10.7. The molecule has 3 N–H and O–H groups in total. The number of nitrogens with one attached hydrogen (secondary N) is 1. The third-order valence-electron chi connectivity index (χ3n) is 2.45. The largest absolute Gasteiger partial charge is 0.491 e. The minimum atomic E-state index is -2.81. The van der Waals surface area contributed by atoms with Crippen LogP contribution in [0.5, 0.6) is 5.75 Å². The van der Waals surface area contributed by atoms with Crippen molar-refractivity contribution in [2.24, 2.45) is 0 Å². The first-order valence-corrected chi connectivity index (χ1v) is 6.01. The number of ether oxygens (including phenoxy) is 1. The van der Waals surface area contributed by atoms with Gasteiger partial charge in [-0.2, -0.15) is 5.26 Å². The lowest BCUT2D eigenvalue weighted by atomic mass is 10.2. The summed E-state index contributed by atoms with van der Waals surface area (Å²) in [6, 6.07) is 8.32. The summed E-state index contributed by atoms with van der Waals surface area (Å²) >= 11 is 0. The van der Waals surface area contributed by atoms with Gasteiger partial charge in [0.2, 0.25) is 0 Å². The van der Waals surface area contributed by atoms with Crippen molar-refractivity contribution in [3.8, 4) is 11.8 Å². The van der Waals surface area contributed by atoms with E-state index in [2.05, 4.69) is 5.32 Å². The van der Waals surface area contributed by atoms with E-state index in [1.54, 1.807) is 24.3 Å². The number of halogens is 2. The van der Waals surface area contributed by atoms with Gasteiger partial charge >= 0.3 is 0 Å². The van der Waals surface area contributed by atoms with E-state index in [0.29, 0.717) is 11.3 Å². The summed E-state index contributed by atoms with van der Waals surface area (Å²) in [6.45, 7) is -0.296. The van der Waals surface area contributed by atoms with Crippen LogP contribution in [0.25, 0.3) is 0 Å². The Hall–Kier alpha value is -1.75. The van der Waals surface area contributed by atoms with E-state index in [0.717, 1.165) is 0 Å². The molecule has 0 bridgehead atoms. The Balaban J connectivity index is 2.22. The van der Waals surface area contributed by atoms with Crippen LogP contribution in [0.3, 0.4) is 0 Å². The van der Waals surface area contributed by atoms with Crippen molar-refractivity contribution in [1.29, 1.82) is 5.26 Å². The molecule has 0 heterocycles. The maximum Gasteiger partial charge on any atom is 0.265 e. The molecule has 20 heavy (non-hydrogen) atoms. The summed E-state index contributed by atoms with van der Waals surface area (Å²) < 4.78 is 29.2. The average molecular weight is 286 g/mol. The summed E-state index contributed by atoms with van der Waals surface area (Å²) in [5.74, 6) is 0.496. The molecule has 0 saturated heterocycles. The minimum absolute atomic E-state index is 0.0241. The molecule has 2 atom stereocenters. The Labute approximate surface area is 115 Å². The third-order valence-corrected chi connectivity index (χ3v) is 2.45. The first-order chi connectivity index (χ1) is 9.52. The fourth-order valence-electron chi connectivity index (χ4n) is 1.36. The molecule has 0 saturated carbocycles. The van der Waals surface area contributed by atoms with Crippen molar-refractivity contribution >= 4 is 0 Å². The highest BCUT2D eigenvalue weighted by molar-refractivity contribution is 5.34. The number of nitriles is 1. The number of rotatable bonds is 8. The fraction of sp³-hybridized carbons (Fsp3) is 0.462. The van der Waals surface area contributed by atoms with Gasteiger partial charge < -0.3 is 20.3 Å². The standard InChI is InChI=1S/C13H16F2N2O3/c14-13(15)12(19)7-17-6-10(18)8-20-11-3-1-9(5-16)2-4-11/h1-4,10,12-13,17-19H,6-8H2. The SMILES string of the molecule is N#Cc1ccc(OCC(O)CNCC(O)C(F)F)cc1. The van der Waals surface area contributed by atoms with Crippen LogP contribution in [0, 0.1) is 11.3 Å². The number of aliphatic hydroxyl groups is 2. The quantitative estimate of drug-likeness (QED) is 0.648. The average Bonchev–Trinajstić information content (AvgIpc) is 2.45.